The summed E-state index contributed by atoms with van der Waals surface area (Å²) in [4.78, 5) is 22.8. The number of carboxylic acid groups (broad SMARTS) is 1. The summed E-state index contributed by atoms with van der Waals surface area (Å²) in [6, 6.07) is 10.1. The van der Waals surface area contributed by atoms with E-state index >= 15 is 0 Å². The number of rotatable bonds is 4. The van der Waals surface area contributed by atoms with Crippen molar-refractivity contribution in [2.75, 3.05) is 0 Å². The van der Waals surface area contributed by atoms with Crippen LogP contribution in [0.5, 0.6) is 11.5 Å². The Hall–Kier alpha value is -3.08. The molecule has 0 bridgehead atoms. The second-order valence-electron chi connectivity index (χ2n) is 4.30. The molecule has 5 nitrogen and oxygen atoms in total. The van der Waals surface area contributed by atoms with Crippen molar-refractivity contribution in [2.45, 2.75) is 0 Å². The highest BCUT2D eigenvalue weighted by Gasteiger charge is 2.13. The number of ketones is 1. The molecule has 2 aromatic rings. The van der Waals surface area contributed by atoms with Crippen LogP contribution in [0.25, 0.3) is 6.08 Å². The van der Waals surface area contributed by atoms with Gasteiger partial charge in [0, 0.05) is 0 Å². The molecule has 0 saturated heterocycles. The minimum Gasteiger partial charge on any atom is -0.507 e. The number of allylic oxidation sites excluding steroid dienone is 1. The highest BCUT2D eigenvalue weighted by Crippen LogP contribution is 2.27. The van der Waals surface area contributed by atoms with Crippen molar-refractivity contribution < 1.29 is 24.9 Å². The summed E-state index contributed by atoms with van der Waals surface area (Å²) >= 11 is 0. The number of benzene rings is 2. The Morgan fingerprint density at radius 3 is 2.19 bits per heavy atom. The predicted molar refractivity (Wildman–Crippen MR) is 76.5 cm³/mol. The zero-order chi connectivity index (χ0) is 15.4. The van der Waals surface area contributed by atoms with Gasteiger partial charge in [0.1, 0.15) is 17.1 Å². The van der Waals surface area contributed by atoms with Crippen LogP contribution in [-0.2, 0) is 0 Å². The standard InChI is InChI=1S/C16H12O5/c17-12-5-2-6-13(18)15(12)14(19)8-7-10-3-1-4-11(9-10)16(20)21/h1-9,17-18H,(H,20,21). The zero-order valence-corrected chi connectivity index (χ0v) is 10.9. The van der Waals surface area contributed by atoms with E-state index in [-0.39, 0.29) is 22.6 Å². The highest BCUT2D eigenvalue weighted by molar-refractivity contribution is 6.10. The van der Waals surface area contributed by atoms with Crippen molar-refractivity contribution in [2.24, 2.45) is 0 Å². The van der Waals surface area contributed by atoms with E-state index in [4.69, 9.17) is 5.11 Å². The Morgan fingerprint density at radius 1 is 0.952 bits per heavy atom. The fourth-order valence-corrected chi connectivity index (χ4v) is 1.81. The van der Waals surface area contributed by atoms with Crippen LogP contribution >= 0.6 is 0 Å². The summed E-state index contributed by atoms with van der Waals surface area (Å²) in [5.41, 5.74) is 0.441. The van der Waals surface area contributed by atoms with Gasteiger partial charge in [-0.15, -0.1) is 0 Å². The summed E-state index contributed by atoms with van der Waals surface area (Å²) in [7, 11) is 0. The van der Waals surface area contributed by atoms with Crippen LogP contribution in [0, 0.1) is 0 Å². The van der Waals surface area contributed by atoms with Crippen LogP contribution in [-0.4, -0.2) is 27.1 Å². The summed E-state index contributed by atoms with van der Waals surface area (Å²) in [5, 5.41) is 28.0. The third kappa shape index (κ3) is 3.27. The maximum absolute atomic E-state index is 12.0. The van der Waals surface area contributed by atoms with E-state index in [1.165, 1.54) is 36.4 Å². The third-order valence-electron chi connectivity index (χ3n) is 2.83. The van der Waals surface area contributed by atoms with E-state index in [2.05, 4.69) is 0 Å². The Kier molecular flexibility index (Phi) is 4.04. The Balaban J connectivity index is 2.27. The van der Waals surface area contributed by atoms with E-state index in [0.29, 0.717) is 5.56 Å². The van der Waals surface area contributed by atoms with E-state index in [1.54, 1.807) is 12.1 Å². The average Bonchev–Trinajstić information content (AvgIpc) is 2.45. The number of hydrogen-bond acceptors (Lipinski definition) is 4. The van der Waals surface area contributed by atoms with Crippen molar-refractivity contribution in [3.63, 3.8) is 0 Å². The molecule has 0 aliphatic rings. The normalized spacial score (nSPS) is 10.7. The molecule has 106 valence electrons. The number of phenols is 2. The second kappa shape index (κ2) is 5.92. The van der Waals surface area contributed by atoms with Gasteiger partial charge in [0.15, 0.2) is 5.78 Å². The number of aromatic carboxylic acids is 1. The molecule has 3 N–H and O–H groups in total. The zero-order valence-electron chi connectivity index (χ0n) is 10.9. The number of carbonyl (C=O) groups excluding carboxylic acids is 1. The van der Waals surface area contributed by atoms with Gasteiger partial charge in [0.2, 0.25) is 0 Å². The first-order chi connectivity index (χ1) is 9.99. The molecular formula is C16H12O5. The largest absolute Gasteiger partial charge is 0.507 e. The summed E-state index contributed by atoms with van der Waals surface area (Å²) in [6.07, 6.45) is 2.58. The van der Waals surface area contributed by atoms with Gasteiger partial charge in [0.25, 0.3) is 0 Å². The monoisotopic (exact) mass is 284 g/mol. The molecule has 0 aromatic heterocycles. The van der Waals surface area contributed by atoms with Crippen molar-refractivity contribution >= 4 is 17.8 Å². The van der Waals surface area contributed by atoms with Crippen molar-refractivity contribution in [3.05, 3.63) is 65.2 Å². The van der Waals surface area contributed by atoms with Gasteiger partial charge in [-0.2, -0.15) is 0 Å². The lowest BCUT2D eigenvalue weighted by molar-refractivity contribution is 0.0696. The Bertz CT molecular complexity index is 711. The first-order valence-electron chi connectivity index (χ1n) is 6.06. The average molecular weight is 284 g/mol. The third-order valence-corrected chi connectivity index (χ3v) is 2.83. The smallest absolute Gasteiger partial charge is 0.335 e. The molecular weight excluding hydrogens is 272 g/mol. The van der Waals surface area contributed by atoms with Crippen LogP contribution in [0.2, 0.25) is 0 Å². The van der Waals surface area contributed by atoms with E-state index in [1.807, 2.05) is 0 Å². The van der Waals surface area contributed by atoms with Crippen LogP contribution in [0.1, 0.15) is 26.3 Å². The van der Waals surface area contributed by atoms with Gasteiger partial charge < -0.3 is 15.3 Å². The molecule has 0 aliphatic heterocycles. The SMILES string of the molecule is O=C(O)c1cccc(C=CC(=O)c2c(O)cccc2O)c1. The molecule has 21 heavy (non-hydrogen) atoms. The molecule has 0 heterocycles. The van der Waals surface area contributed by atoms with Gasteiger partial charge in [-0.05, 0) is 35.9 Å². The molecule has 2 rings (SSSR count). The van der Waals surface area contributed by atoms with Gasteiger partial charge in [-0.3, -0.25) is 4.79 Å². The van der Waals surface area contributed by atoms with Gasteiger partial charge in [0.05, 0.1) is 5.56 Å². The molecule has 0 amide bonds. The van der Waals surface area contributed by atoms with Crippen LogP contribution in [0.3, 0.4) is 0 Å². The summed E-state index contributed by atoms with van der Waals surface area (Å²) in [6.45, 7) is 0. The maximum atomic E-state index is 12.0. The molecule has 0 aliphatic carbocycles. The van der Waals surface area contributed by atoms with Crippen LogP contribution in [0.4, 0.5) is 0 Å². The lowest BCUT2D eigenvalue weighted by atomic mass is 10.1. The maximum Gasteiger partial charge on any atom is 0.335 e. The molecule has 0 atom stereocenters. The Morgan fingerprint density at radius 2 is 1.57 bits per heavy atom. The lowest BCUT2D eigenvalue weighted by Crippen LogP contribution is -1.97. The number of aromatic hydroxyl groups is 2. The lowest BCUT2D eigenvalue weighted by Gasteiger charge is -2.03. The van der Waals surface area contributed by atoms with Gasteiger partial charge in [-0.1, -0.05) is 24.3 Å². The fourth-order valence-electron chi connectivity index (χ4n) is 1.81. The quantitative estimate of drug-likeness (QED) is 0.592. The molecule has 0 fully saturated rings. The molecule has 2 aromatic carbocycles. The first-order valence-corrected chi connectivity index (χ1v) is 6.06. The number of carboxylic acids is 1. The van der Waals surface area contributed by atoms with E-state index in [0.717, 1.165) is 6.08 Å². The van der Waals surface area contributed by atoms with Gasteiger partial charge in [-0.25, -0.2) is 4.79 Å². The van der Waals surface area contributed by atoms with E-state index < -0.39 is 11.8 Å². The molecule has 0 unspecified atom stereocenters. The number of phenolic OH excluding ortho intramolecular Hbond substituents is 2. The highest BCUT2D eigenvalue weighted by atomic mass is 16.4. The Labute approximate surface area is 120 Å². The molecule has 0 radical (unpaired) electrons. The van der Waals surface area contributed by atoms with Crippen molar-refractivity contribution in [1.82, 2.24) is 0 Å². The van der Waals surface area contributed by atoms with Crippen LogP contribution < -0.4 is 0 Å². The van der Waals surface area contributed by atoms with E-state index in [9.17, 15) is 19.8 Å². The summed E-state index contributed by atoms with van der Waals surface area (Å²) in [5.74, 6) is -2.27. The van der Waals surface area contributed by atoms with Crippen molar-refractivity contribution in [1.29, 1.82) is 0 Å². The minimum absolute atomic E-state index is 0.106. The predicted octanol–water partition coefficient (Wildman–Crippen LogP) is 2.69. The number of hydrogen-bond donors (Lipinski definition) is 3. The first kappa shape index (κ1) is 14.3. The molecule has 0 spiro atoms. The molecule has 5 heteroatoms. The second-order valence-corrected chi connectivity index (χ2v) is 4.30. The topological polar surface area (TPSA) is 94.8 Å². The number of carbonyl (C=O) groups is 2. The van der Waals surface area contributed by atoms with Crippen molar-refractivity contribution in [3.8, 4) is 11.5 Å². The fraction of sp³-hybridized carbons (Fsp3) is 0. The molecule has 0 saturated carbocycles. The van der Waals surface area contributed by atoms with Crippen LogP contribution in [0.15, 0.2) is 48.5 Å². The van der Waals surface area contributed by atoms with Gasteiger partial charge >= 0.3 is 5.97 Å². The minimum atomic E-state index is -1.06. The summed E-state index contributed by atoms with van der Waals surface area (Å²) < 4.78 is 0.